The van der Waals surface area contributed by atoms with Gasteiger partial charge < -0.3 is 14.3 Å². The molecule has 0 aliphatic heterocycles. The van der Waals surface area contributed by atoms with Crippen LogP contribution in [-0.2, 0) is 25.5 Å². The molecular formula is C21H30O5. The van der Waals surface area contributed by atoms with Gasteiger partial charge in [0.25, 0.3) is 0 Å². The number of ketones is 2. The number of carbonyl (C=O) groups is 3. The van der Waals surface area contributed by atoms with Crippen molar-refractivity contribution in [3.05, 3.63) is 29.8 Å². The average molecular weight is 362 g/mol. The van der Waals surface area contributed by atoms with E-state index in [1.807, 2.05) is 24.3 Å². The van der Waals surface area contributed by atoms with Gasteiger partial charge in [-0.1, -0.05) is 25.0 Å². The number of rotatable bonds is 14. The number of esters is 1. The van der Waals surface area contributed by atoms with Gasteiger partial charge in [-0.3, -0.25) is 9.59 Å². The quantitative estimate of drug-likeness (QED) is 0.369. The van der Waals surface area contributed by atoms with Gasteiger partial charge in [-0.05, 0) is 43.9 Å². The third kappa shape index (κ3) is 10.6. The second-order valence-electron chi connectivity index (χ2n) is 6.47. The van der Waals surface area contributed by atoms with Crippen molar-refractivity contribution in [3.63, 3.8) is 0 Å². The predicted molar refractivity (Wildman–Crippen MR) is 100 cm³/mol. The van der Waals surface area contributed by atoms with E-state index in [4.69, 9.17) is 9.47 Å². The topological polar surface area (TPSA) is 69.7 Å². The standard InChI is InChI=1S/C21H30O5/c1-17(22)8-15-21(24)26-16-6-4-3-5-7-19(23)12-9-18-10-13-20(25-2)14-11-18/h10-11,13-14H,3-9,12,15-16H2,1-2H3. The number of hydrogen-bond acceptors (Lipinski definition) is 5. The summed E-state index contributed by atoms with van der Waals surface area (Å²) < 4.78 is 10.2. The maximum Gasteiger partial charge on any atom is 0.306 e. The van der Waals surface area contributed by atoms with Crippen LogP contribution >= 0.6 is 0 Å². The van der Waals surface area contributed by atoms with Gasteiger partial charge in [0.15, 0.2) is 0 Å². The Morgan fingerprint density at radius 2 is 1.54 bits per heavy atom. The molecule has 0 aliphatic carbocycles. The van der Waals surface area contributed by atoms with Gasteiger partial charge in [-0.25, -0.2) is 0 Å². The Morgan fingerprint density at radius 3 is 2.19 bits per heavy atom. The molecule has 0 saturated carbocycles. The lowest BCUT2D eigenvalue weighted by molar-refractivity contribution is -0.144. The lowest BCUT2D eigenvalue weighted by Crippen LogP contribution is -2.07. The zero-order valence-corrected chi connectivity index (χ0v) is 15.9. The zero-order chi connectivity index (χ0) is 19.2. The summed E-state index contributed by atoms with van der Waals surface area (Å²) in [6.45, 7) is 1.85. The van der Waals surface area contributed by atoms with E-state index in [0.29, 0.717) is 19.4 Å². The number of Topliss-reactive ketones (excluding diaryl/α,β-unsaturated/α-hetero) is 2. The molecule has 0 spiro atoms. The first-order valence-corrected chi connectivity index (χ1v) is 9.31. The average Bonchev–Trinajstić information content (AvgIpc) is 2.64. The molecule has 0 atom stereocenters. The Hall–Kier alpha value is -2.17. The Kier molecular flexibility index (Phi) is 11.0. The number of benzene rings is 1. The Balaban J connectivity index is 1.99. The van der Waals surface area contributed by atoms with Crippen LogP contribution in [0.1, 0.15) is 63.9 Å². The van der Waals surface area contributed by atoms with Crippen molar-refractivity contribution in [2.45, 2.75) is 64.7 Å². The lowest BCUT2D eigenvalue weighted by atomic mass is 10.0. The molecule has 0 fully saturated rings. The molecule has 5 heteroatoms. The van der Waals surface area contributed by atoms with Crippen LogP contribution in [0.3, 0.4) is 0 Å². The summed E-state index contributed by atoms with van der Waals surface area (Å²) in [6, 6.07) is 7.80. The molecular weight excluding hydrogens is 332 g/mol. The van der Waals surface area contributed by atoms with E-state index in [-0.39, 0.29) is 30.4 Å². The van der Waals surface area contributed by atoms with E-state index in [0.717, 1.165) is 43.4 Å². The van der Waals surface area contributed by atoms with Crippen molar-refractivity contribution < 1.29 is 23.9 Å². The van der Waals surface area contributed by atoms with E-state index < -0.39 is 0 Å². The van der Waals surface area contributed by atoms with E-state index >= 15 is 0 Å². The van der Waals surface area contributed by atoms with Crippen molar-refractivity contribution in [2.75, 3.05) is 13.7 Å². The number of unbranched alkanes of at least 4 members (excludes halogenated alkanes) is 3. The highest BCUT2D eigenvalue weighted by molar-refractivity contribution is 5.81. The predicted octanol–water partition coefficient (Wildman–Crippen LogP) is 4.06. The molecule has 0 saturated heterocycles. The van der Waals surface area contributed by atoms with Crippen LogP contribution in [0.25, 0.3) is 0 Å². The first kappa shape index (κ1) is 21.9. The van der Waals surface area contributed by atoms with Crippen molar-refractivity contribution in [1.82, 2.24) is 0 Å². The van der Waals surface area contributed by atoms with Crippen molar-refractivity contribution in [2.24, 2.45) is 0 Å². The summed E-state index contributed by atoms with van der Waals surface area (Å²) in [5.41, 5.74) is 1.14. The molecule has 0 radical (unpaired) electrons. The summed E-state index contributed by atoms with van der Waals surface area (Å²) in [7, 11) is 1.64. The second kappa shape index (κ2) is 13.1. The van der Waals surface area contributed by atoms with E-state index in [1.165, 1.54) is 6.92 Å². The highest BCUT2D eigenvalue weighted by Gasteiger charge is 2.05. The van der Waals surface area contributed by atoms with Crippen LogP contribution < -0.4 is 4.74 Å². The maximum atomic E-state index is 11.9. The minimum atomic E-state index is -0.311. The summed E-state index contributed by atoms with van der Waals surface area (Å²) >= 11 is 0. The summed E-state index contributed by atoms with van der Waals surface area (Å²) in [5.74, 6) is 0.800. The first-order chi connectivity index (χ1) is 12.5. The number of ether oxygens (including phenoxy) is 2. The fourth-order valence-electron chi connectivity index (χ4n) is 2.52. The van der Waals surface area contributed by atoms with Gasteiger partial charge in [-0.2, -0.15) is 0 Å². The molecule has 1 aromatic rings. The van der Waals surface area contributed by atoms with Gasteiger partial charge in [0.05, 0.1) is 20.1 Å². The largest absolute Gasteiger partial charge is 0.497 e. The normalized spacial score (nSPS) is 10.4. The molecule has 144 valence electrons. The van der Waals surface area contributed by atoms with Crippen LogP contribution in [-0.4, -0.2) is 31.3 Å². The highest BCUT2D eigenvalue weighted by Crippen LogP contribution is 2.13. The zero-order valence-electron chi connectivity index (χ0n) is 15.9. The number of aryl methyl sites for hydroxylation is 1. The molecule has 0 heterocycles. The van der Waals surface area contributed by atoms with Crippen LogP contribution in [0.4, 0.5) is 0 Å². The number of carbonyl (C=O) groups excluding carboxylic acids is 3. The number of methoxy groups -OCH3 is 1. The molecule has 0 aromatic heterocycles. The van der Waals surface area contributed by atoms with Crippen LogP contribution in [0.5, 0.6) is 5.75 Å². The van der Waals surface area contributed by atoms with E-state index in [1.54, 1.807) is 7.11 Å². The highest BCUT2D eigenvalue weighted by atomic mass is 16.5. The molecule has 5 nitrogen and oxygen atoms in total. The second-order valence-corrected chi connectivity index (χ2v) is 6.47. The Morgan fingerprint density at radius 1 is 0.846 bits per heavy atom. The minimum absolute atomic E-state index is 0.00129. The maximum absolute atomic E-state index is 11.9. The summed E-state index contributed by atoms with van der Waals surface area (Å²) in [4.78, 5) is 34.0. The SMILES string of the molecule is COc1ccc(CCC(=O)CCCCCCOC(=O)CCC(C)=O)cc1. The third-order valence-corrected chi connectivity index (χ3v) is 4.15. The van der Waals surface area contributed by atoms with E-state index in [2.05, 4.69) is 0 Å². The lowest BCUT2D eigenvalue weighted by Gasteiger charge is -2.05. The molecule has 0 aliphatic rings. The summed E-state index contributed by atoms with van der Waals surface area (Å²) in [6.07, 6.45) is 5.92. The Labute approximate surface area is 156 Å². The Bertz CT molecular complexity index is 562. The van der Waals surface area contributed by atoms with Crippen LogP contribution in [0, 0.1) is 0 Å². The number of hydrogen-bond donors (Lipinski definition) is 0. The van der Waals surface area contributed by atoms with Crippen LogP contribution in [0.15, 0.2) is 24.3 Å². The molecule has 0 unspecified atom stereocenters. The third-order valence-electron chi connectivity index (χ3n) is 4.15. The smallest absolute Gasteiger partial charge is 0.306 e. The molecule has 1 aromatic carbocycles. The van der Waals surface area contributed by atoms with Crippen molar-refractivity contribution in [1.29, 1.82) is 0 Å². The van der Waals surface area contributed by atoms with Crippen molar-refractivity contribution >= 4 is 17.5 Å². The fraction of sp³-hybridized carbons (Fsp3) is 0.571. The van der Waals surface area contributed by atoms with Crippen LogP contribution in [0.2, 0.25) is 0 Å². The van der Waals surface area contributed by atoms with Gasteiger partial charge in [-0.15, -0.1) is 0 Å². The monoisotopic (exact) mass is 362 g/mol. The van der Waals surface area contributed by atoms with Crippen molar-refractivity contribution in [3.8, 4) is 5.75 Å². The van der Waals surface area contributed by atoms with Gasteiger partial charge in [0, 0.05) is 19.3 Å². The fourth-order valence-corrected chi connectivity index (χ4v) is 2.52. The molecule has 0 bridgehead atoms. The van der Waals surface area contributed by atoms with Gasteiger partial charge in [0.2, 0.25) is 0 Å². The summed E-state index contributed by atoms with van der Waals surface area (Å²) in [5, 5.41) is 0. The van der Waals surface area contributed by atoms with E-state index in [9.17, 15) is 14.4 Å². The molecule has 0 N–H and O–H groups in total. The van der Waals surface area contributed by atoms with Gasteiger partial charge in [0.1, 0.15) is 17.3 Å². The minimum Gasteiger partial charge on any atom is -0.497 e. The van der Waals surface area contributed by atoms with Gasteiger partial charge >= 0.3 is 5.97 Å². The first-order valence-electron chi connectivity index (χ1n) is 9.31. The molecule has 1 rings (SSSR count). The molecule has 26 heavy (non-hydrogen) atoms. The molecule has 0 amide bonds.